The zero-order valence-electron chi connectivity index (χ0n) is 23.0. The summed E-state index contributed by atoms with van der Waals surface area (Å²) in [6.07, 6.45) is 6.35. The maximum Gasteiger partial charge on any atom is 0.344 e. The molecule has 0 bridgehead atoms. The maximum absolute atomic E-state index is 13.0. The summed E-state index contributed by atoms with van der Waals surface area (Å²) in [5, 5.41) is 11.9. The predicted molar refractivity (Wildman–Crippen MR) is 155 cm³/mol. The van der Waals surface area contributed by atoms with Gasteiger partial charge in [0.2, 0.25) is 5.88 Å². The summed E-state index contributed by atoms with van der Waals surface area (Å²) in [4.78, 5) is 31.5. The number of aliphatic hydroxyl groups is 1. The number of allylic oxidation sites excluding steroid dienone is 1. The highest BCUT2D eigenvalue weighted by molar-refractivity contribution is 6.30. The van der Waals surface area contributed by atoms with Gasteiger partial charge >= 0.3 is 11.9 Å². The van der Waals surface area contributed by atoms with Crippen LogP contribution in [0.4, 0.5) is 0 Å². The number of ether oxygens (including phenoxy) is 3. The number of carbonyl (C=O) groups is 2. The van der Waals surface area contributed by atoms with Crippen LogP contribution in [0.1, 0.15) is 53.2 Å². The summed E-state index contributed by atoms with van der Waals surface area (Å²) in [6, 6.07) is 16.5. The zero-order valence-corrected chi connectivity index (χ0v) is 23.7. The number of likely N-dealkylation sites (tertiary alicyclic amines) is 1. The van der Waals surface area contributed by atoms with Crippen molar-refractivity contribution >= 4 is 29.1 Å². The van der Waals surface area contributed by atoms with Gasteiger partial charge in [-0.25, -0.2) is 14.6 Å². The largest absolute Gasteiger partial charge is 0.463 e. The fourth-order valence-corrected chi connectivity index (χ4v) is 5.47. The SMILES string of the molecule is CCOC(=O)COC(=O)c1cccc2c1CC(=CCCN1CCC(O)(c3ccc(Cl)cc3)CC1)c1cccnc1O2. The molecular formula is C32H33ClN2O6. The Balaban J connectivity index is 1.29. The molecule has 5 rings (SSSR count). The van der Waals surface area contributed by atoms with E-state index >= 15 is 0 Å². The third kappa shape index (κ3) is 6.78. The number of aromatic nitrogens is 1. The third-order valence-electron chi connectivity index (χ3n) is 7.57. The predicted octanol–water partition coefficient (Wildman–Crippen LogP) is 5.56. The van der Waals surface area contributed by atoms with Crippen molar-refractivity contribution in [2.45, 2.75) is 38.2 Å². The van der Waals surface area contributed by atoms with Gasteiger partial charge in [-0.05, 0) is 73.7 Å². The Bertz CT molecular complexity index is 1430. The number of esters is 2. The summed E-state index contributed by atoms with van der Waals surface area (Å²) in [5.74, 6) is -0.212. The van der Waals surface area contributed by atoms with Crippen LogP contribution in [0.5, 0.6) is 11.6 Å². The number of hydrogen-bond acceptors (Lipinski definition) is 8. The quantitative estimate of drug-likeness (QED) is 0.348. The first-order chi connectivity index (χ1) is 19.9. The summed E-state index contributed by atoms with van der Waals surface area (Å²) in [5.41, 5.74) is 2.93. The summed E-state index contributed by atoms with van der Waals surface area (Å²) >= 11 is 6.02. The van der Waals surface area contributed by atoms with Crippen molar-refractivity contribution in [1.82, 2.24) is 9.88 Å². The topological polar surface area (TPSA) is 98.2 Å². The lowest BCUT2D eigenvalue weighted by atomic mass is 9.84. The van der Waals surface area contributed by atoms with Gasteiger partial charge < -0.3 is 24.2 Å². The molecule has 8 nitrogen and oxygen atoms in total. The standard InChI is InChI=1S/C32H33ClN2O6/c1-2-39-29(36)21-40-31(37)26-7-3-9-28-27(26)20-22(25-8-4-16-34-30(25)41-28)6-5-17-35-18-14-32(38,15-19-35)23-10-12-24(33)13-11-23/h3-4,6-13,16,38H,2,5,14-15,17-21H2,1H3. The summed E-state index contributed by atoms with van der Waals surface area (Å²) in [7, 11) is 0. The molecule has 1 fully saturated rings. The number of pyridine rings is 1. The molecule has 0 unspecified atom stereocenters. The zero-order chi connectivity index (χ0) is 28.8. The minimum absolute atomic E-state index is 0.213. The van der Waals surface area contributed by atoms with Gasteiger partial charge in [0.05, 0.1) is 17.8 Å². The monoisotopic (exact) mass is 576 g/mol. The highest BCUT2D eigenvalue weighted by Gasteiger charge is 2.33. The average molecular weight is 577 g/mol. The van der Waals surface area contributed by atoms with Gasteiger partial charge in [-0.1, -0.05) is 35.9 Å². The van der Waals surface area contributed by atoms with Gasteiger partial charge in [-0.2, -0.15) is 0 Å². The van der Waals surface area contributed by atoms with E-state index in [0.717, 1.165) is 42.8 Å². The number of fused-ring (bicyclic) bond motifs is 2. The van der Waals surface area contributed by atoms with Crippen LogP contribution in [0.15, 0.2) is 66.9 Å². The number of benzene rings is 2. The Hall–Kier alpha value is -3.72. The van der Waals surface area contributed by atoms with E-state index in [2.05, 4.69) is 16.0 Å². The molecule has 2 aliphatic heterocycles. The summed E-state index contributed by atoms with van der Waals surface area (Å²) < 4.78 is 16.3. The summed E-state index contributed by atoms with van der Waals surface area (Å²) in [6.45, 7) is 3.84. The van der Waals surface area contributed by atoms with E-state index in [0.29, 0.717) is 47.0 Å². The normalized spacial score (nSPS) is 17.1. The minimum atomic E-state index is -0.842. The molecule has 1 saturated heterocycles. The fourth-order valence-electron chi connectivity index (χ4n) is 5.34. The van der Waals surface area contributed by atoms with Crippen LogP contribution in [0.3, 0.4) is 0 Å². The van der Waals surface area contributed by atoms with Crippen molar-refractivity contribution in [3.05, 3.63) is 94.1 Å². The smallest absolute Gasteiger partial charge is 0.344 e. The lowest BCUT2D eigenvalue weighted by Gasteiger charge is -2.38. The Morgan fingerprint density at radius 1 is 1.10 bits per heavy atom. The first kappa shape index (κ1) is 28.8. The molecule has 3 heterocycles. The molecular weight excluding hydrogens is 544 g/mol. The lowest BCUT2D eigenvalue weighted by Crippen LogP contribution is -2.42. The van der Waals surface area contributed by atoms with Crippen molar-refractivity contribution in [3.63, 3.8) is 0 Å². The minimum Gasteiger partial charge on any atom is -0.463 e. The van der Waals surface area contributed by atoms with Crippen molar-refractivity contribution in [3.8, 4) is 11.6 Å². The van der Waals surface area contributed by atoms with Crippen LogP contribution in [-0.4, -0.2) is 59.8 Å². The molecule has 0 atom stereocenters. The molecule has 0 saturated carbocycles. The lowest BCUT2D eigenvalue weighted by molar-refractivity contribution is -0.146. The fraction of sp³-hybridized carbons (Fsp3) is 0.344. The molecule has 0 amide bonds. The molecule has 3 aromatic rings. The van der Waals surface area contributed by atoms with Crippen LogP contribution in [0.25, 0.3) is 5.57 Å². The molecule has 0 radical (unpaired) electrons. The van der Waals surface area contributed by atoms with E-state index < -0.39 is 24.1 Å². The van der Waals surface area contributed by atoms with Crippen LogP contribution < -0.4 is 4.74 Å². The van der Waals surface area contributed by atoms with Crippen molar-refractivity contribution in [1.29, 1.82) is 0 Å². The number of nitrogens with zero attached hydrogens (tertiary/aromatic N) is 2. The van der Waals surface area contributed by atoms with Gasteiger partial charge in [-0.3, -0.25) is 0 Å². The molecule has 1 aromatic heterocycles. The van der Waals surface area contributed by atoms with Crippen LogP contribution in [-0.2, 0) is 26.3 Å². The highest BCUT2D eigenvalue weighted by atomic mass is 35.5. The van der Waals surface area contributed by atoms with E-state index in [9.17, 15) is 14.7 Å². The molecule has 2 aliphatic rings. The van der Waals surface area contributed by atoms with Crippen molar-refractivity contribution in [2.75, 3.05) is 32.8 Å². The highest BCUT2D eigenvalue weighted by Crippen LogP contribution is 2.39. The van der Waals surface area contributed by atoms with Crippen molar-refractivity contribution < 1.29 is 28.9 Å². The van der Waals surface area contributed by atoms with E-state index in [1.165, 1.54) is 0 Å². The van der Waals surface area contributed by atoms with E-state index in [-0.39, 0.29) is 6.61 Å². The van der Waals surface area contributed by atoms with Crippen molar-refractivity contribution in [2.24, 2.45) is 0 Å². The van der Waals surface area contributed by atoms with Gasteiger partial charge in [-0.15, -0.1) is 0 Å². The van der Waals surface area contributed by atoms with Gasteiger partial charge in [0.1, 0.15) is 5.75 Å². The van der Waals surface area contributed by atoms with Crippen LogP contribution >= 0.6 is 11.6 Å². The number of halogens is 1. The Kier molecular flexibility index (Phi) is 9.03. The molecule has 1 N–H and O–H groups in total. The maximum atomic E-state index is 13.0. The van der Waals surface area contributed by atoms with E-state index in [1.807, 2.05) is 36.4 Å². The molecule has 0 spiro atoms. The number of piperidine rings is 1. The second-order valence-electron chi connectivity index (χ2n) is 10.2. The molecule has 9 heteroatoms. The molecule has 41 heavy (non-hydrogen) atoms. The Morgan fingerprint density at radius 2 is 1.88 bits per heavy atom. The first-order valence-electron chi connectivity index (χ1n) is 13.8. The van der Waals surface area contributed by atoms with Gasteiger partial charge in [0.25, 0.3) is 0 Å². The number of hydrogen-bond donors (Lipinski definition) is 1. The molecule has 2 aromatic carbocycles. The molecule has 0 aliphatic carbocycles. The van der Waals surface area contributed by atoms with Gasteiger partial charge in [0, 0.05) is 48.4 Å². The Labute approximate surface area is 244 Å². The van der Waals surface area contributed by atoms with Gasteiger partial charge in [0.15, 0.2) is 6.61 Å². The second-order valence-corrected chi connectivity index (χ2v) is 10.6. The second kappa shape index (κ2) is 12.9. The first-order valence-corrected chi connectivity index (χ1v) is 14.2. The average Bonchev–Trinajstić information content (AvgIpc) is 3.14. The van der Waals surface area contributed by atoms with Crippen LogP contribution in [0, 0.1) is 0 Å². The Morgan fingerprint density at radius 3 is 2.63 bits per heavy atom. The number of carbonyl (C=O) groups excluding carboxylic acids is 2. The van der Waals surface area contributed by atoms with E-state index in [4.69, 9.17) is 25.8 Å². The van der Waals surface area contributed by atoms with E-state index in [1.54, 1.807) is 31.3 Å². The molecule has 214 valence electrons. The third-order valence-corrected chi connectivity index (χ3v) is 7.82. The van der Waals surface area contributed by atoms with Crippen LogP contribution in [0.2, 0.25) is 5.02 Å². The number of rotatable bonds is 8.